The maximum atomic E-state index is 11.8. The number of aliphatic carboxylic acids is 3. The van der Waals surface area contributed by atoms with Gasteiger partial charge in [0.25, 0.3) is 0 Å². The van der Waals surface area contributed by atoms with Crippen LogP contribution in [0, 0.1) is 17.8 Å². The van der Waals surface area contributed by atoms with Gasteiger partial charge in [-0.1, -0.05) is 52.7 Å². The zero-order valence-corrected chi connectivity index (χ0v) is 20.6. The van der Waals surface area contributed by atoms with Gasteiger partial charge >= 0.3 is 11.9 Å². The molecule has 2 N–H and O–H groups in total. The number of carbonyl (C=O) groups excluding carboxylic acids is 1. The fraction of sp³-hybridized carbons (Fsp3) is 0.800. The summed E-state index contributed by atoms with van der Waals surface area (Å²) in [5.41, 5.74) is 0. The lowest BCUT2D eigenvalue weighted by Gasteiger charge is -2.44. The minimum atomic E-state index is -1.16. The molecule has 0 rings (SSSR count). The largest absolute Gasteiger partial charge is 0.550 e. The summed E-state index contributed by atoms with van der Waals surface area (Å²) >= 11 is 0. The summed E-state index contributed by atoms with van der Waals surface area (Å²) in [6.07, 6.45) is 11.6. The Morgan fingerprint density at radius 3 is 1.56 bits per heavy atom. The third-order valence-electron chi connectivity index (χ3n) is 6.48. The Hall–Kier alpha value is -1.89. The van der Waals surface area contributed by atoms with E-state index in [1.54, 1.807) is 20.8 Å². The molecule has 0 bridgehead atoms. The lowest BCUT2D eigenvalue weighted by atomic mass is 9.95. The van der Waals surface area contributed by atoms with Crippen molar-refractivity contribution in [2.45, 2.75) is 85.5 Å². The molecule has 7 nitrogen and oxygen atoms in total. The Morgan fingerprint density at radius 2 is 1.19 bits per heavy atom. The van der Waals surface area contributed by atoms with Gasteiger partial charge in [-0.05, 0) is 38.5 Å². The van der Waals surface area contributed by atoms with Crippen molar-refractivity contribution in [1.82, 2.24) is 0 Å². The maximum absolute atomic E-state index is 11.8. The number of carbonyl (C=O) groups is 3. The molecule has 0 aromatic rings. The molecule has 3 unspecified atom stereocenters. The van der Waals surface area contributed by atoms with Gasteiger partial charge in [-0.3, -0.25) is 9.59 Å². The van der Waals surface area contributed by atoms with Crippen molar-refractivity contribution < 1.29 is 34.2 Å². The van der Waals surface area contributed by atoms with Gasteiger partial charge in [0.1, 0.15) is 11.8 Å². The van der Waals surface area contributed by atoms with Gasteiger partial charge < -0.3 is 24.6 Å². The van der Waals surface area contributed by atoms with Gasteiger partial charge in [-0.15, -0.1) is 0 Å². The van der Waals surface area contributed by atoms with Gasteiger partial charge in [0.05, 0.1) is 32.1 Å². The van der Waals surface area contributed by atoms with Gasteiger partial charge in [-0.2, -0.15) is 0 Å². The quantitative estimate of drug-likeness (QED) is 0.164. The molecule has 0 aliphatic rings. The van der Waals surface area contributed by atoms with Crippen LogP contribution in [0.1, 0.15) is 85.5 Å². The van der Waals surface area contributed by atoms with E-state index in [-0.39, 0.29) is 24.1 Å². The molecule has 0 aliphatic heterocycles. The van der Waals surface area contributed by atoms with E-state index >= 15 is 0 Å². The van der Waals surface area contributed by atoms with Crippen LogP contribution >= 0.6 is 0 Å². The average molecular weight is 456 g/mol. The second kappa shape index (κ2) is 16.7. The standard InChI is InChI=1S/C25H45NO6/c1-5-9-10-11-12-13-14-15-16-26(17-20(6-2)23(27)28,18-21(7-3)24(29)30)19-22(8-4)25(31)32/h12-13,20-22H,5-11,14-19H2,1-4H3,(H2-,27,28,29,30,31,32)/b13-12+. The Labute approximate surface area is 194 Å². The van der Waals surface area contributed by atoms with E-state index in [9.17, 15) is 29.7 Å². The monoisotopic (exact) mass is 455 g/mol. The van der Waals surface area contributed by atoms with Crippen LogP contribution < -0.4 is 5.11 Å². The van der Waals surface area contributed by atoms with Gasteiger partial charge in [0, 0.05) is 12.3 Å². The number of unbranched alkanes of at least 4 members (excludes halogenated alkanes) is 4. The van der Waals surface area contributed by atoms with Crippen LogP contribution in [0.4, 0.5) is 0 Å². The molecule has 7 heteroatoms. The van der Waals surface area contributed by atoms with Crippen molar-refractivity contribution in [2.24, 2.45) is 17.8 Å². The summed E-state index contributed by atoms with van der Waals surface area (Å²) in [6.45, 7) is 8.77. The Bertz CT molecular complexity index is 529. The Morgan fingerprint density at radius 1 is 0.750 bits per heavy atom. The van der Waals surface area contributed by atoms with Crippen molar-refractivity contribution in [2.75, 3.05) is 26.2 Å². The van der Waals surface area contributed by atoms with E-state index in [1.165, 1.54) is 12.8 Å². The van der Waals surface area contributed by atoms with Crippen molar-refractivity contribution in [3.63, 3.8) is 0 Å². The van der Waals surface area contributed by atoms with E-state index in [0.29, 0.717) is 25.8 Å². The second-order valence-corrected chi connectivity index (χ2v) is 9.03. The predicted octanol–water partition coefficient (Wildman–Crippen LogP) is 3.72. The van der Waals surface area contributed by atoms with E-state index in [2.05, 4.69) is 19.1 Å². The molecule has 0 fully saturated rings. The molecule has 0 spiro atoms. The van der Waals surface area contributed by atoms with Crippen LogP contribution in [0.15, 0.2) is 12.2 Å². The minimum absolute atomic E-state index is 0.186. The fourth-order valence-corrected chi connectivity index (χ4v) is 4.33. The first-order valence-electron chi connectivity index (χ1n) is 12.3. The predicted molar refractivity (Wildman–Crippen MR) is 124 cm³/mol. The molecule has 0 amide bonds. The summed E-state index contributed by atoms with van der Waals surface area (Å²) in [5, 5.41) is 31.1. The highest BCUT2D eigenvalue weighted by Crippen LogP contribution is 2.24. The summed E-state index contributed by atoms with van der Waals surface area (Å²) in [5.74, 6) is -5.03. The van der Waals surface area contributed by atoms with Gasteiger partial charge in [-0.25, -0.2) is 0 Å². The average Bonchev–Trinajstić information content (AvgIpc) is 2.75. The molecular formula is C25H45NO6. The zero-order chi connectivity index (χ0) is 24.6. The molecule has 0 aliphatic carbocycles. The molecule has 32 heavy (non-hydrogen) atoms. The number of quaternary nitrogens is 1. The Kier molecular flexibility index (Phi) is 15.7. The van der Waals surface area contributed by atoms with Gasteiger partial charge in [0.15, 0.2) is 0 Å². The lowest BCUT2D eigenvalue weighted by molar-refractivity contribution is -0.935. The molecular weight excluding hydrogens is 410 g/mol. The van der Waals surface area contributed by atoms with Crippen molar-refractivity contribution in [1.29, 1.82) is 0 Å². The third kappa shape index (κ3) is 11.7. The number of carboxylic acids is 3. The van der Waals surface area contributed by atoms with E-state index in [0.717, 1.165) is 25.7 Å². The number of nitrogens with zero attached hydrogens (tertiary/aromatic N) is 1. The van der Waals surface area contributed by atoms with Crippen LogP contribution in [0.25, 0.3) is 0 Å². The maximum Gasteiger partial charge on any atom is 0.312 e. The van der Waals surface area contributed by atoms with Gasteiger partial charge in [0.2, 0.25) is 0 Å². The first kappa shape index (κ1) is 30.1. The van der Waals surface area contributed by atoms with Crippen LogP contribution in [-0.4, -0.2) is 58.8 Å². The van der Waals surface area contributed by atoms with Crippen molar-refractivity contribution in [3.8, 4) is 0 Å². The number of carboxylic acid groups (broad SMARTS) is 3. The first-order chi connectivity index (χ1) is 15.2. The summed E-state index contributed by atoms with van der Waals surface area (Å²) in [4.78, 5) is 35.4. The highest BCUT2D eigenvalue weighted by Gasteiger charge is 2.39. The van der Waals surface area contributed by atoms with E-state index < -0.39 is 35.7 Å². The highest BCUT2D eigenvalue weighted by atomic mass is 16.4. The molecule has 0 saturated heterocycles. The summed E-state index contributed by atoms with van der Waals surface area (Å²) < 4.78 is 0.186. The highest BCUT2D eigenvalue weighted by molar-refractivity contribution is 5.70. The van der Waals surface area contributed by atoms with Crippen LogP contribution in [0.3, 0.4) is 0 Å². The fourth-order valence-electron chi connectivity index (χ4n) is 4.33. The lowest BCUT2D eigenvalue weighted by Crippen LogP contribution is -2.59. The molecule has 0 radical (unpaired) electrons. The van der Waals surface area contributed by atoms with E-state index in [1.807, 2.05) is 0 Å². The number of rotatable bonds is 20. The van der Waals surface area contributed by atoms with Crippen molar-refractivity contribution >= 4 is 17.9 Å². The number of hydrogen-bond acceptors (Lipinski definition) is 4. The molecule has 0 heterocycles. The smallest absolute Gasteiger partial charge is 0.312 e. The molecule has 186 valence electrons. The molecule has 0 saturated carbocycles. The SMILES string of the molecule is CCCCC/C=C/CCC[N+](CC(CC)C(=O)[O-])(CC(CC)C(=O)O)CC(CC)C(=O)O. The normalized spacial score (nSPS) is 16.4. The summed E-state index contributed by atoms with van der Waals surface area (Å²) in [7, 11) is 0. The van der Waals surface area contributed by atoms with Crippen LogP contribution in [-0.2, 0) is 14.4 Å². The number of allylic oxidation sites excluding steroid dienone is 2. The topological polar surface area (TPSA) is 115 Å². The minimum Gasteiger partial charge on any atom is -0.550 e. The van der Waals surface area contributed by atoms with Crippen LogP contribution in [0.5, 0.6) is 0 Å². The second-order valence-electron chi connectivity index (χ2n) is 9.03. The Balaban J connectivity index is 5.74. The van der Waals surface area contributed by atoms with Crippen LogP contribution in [0.2, 0.25) is 0 Å². The third-order valence-corrected chi connectivity index (χ3v) is 6.48. The van der Waals surface area contributed by atoms with Crippen molar-refractivity contribution in [3.05, 3.63) is 12.2 Å². The molecule has 0 aromatic heterocycles. The molecule has 0 aromatic carbocycles. The summed E-state index contributed by atoms with van der Waals surface area (Å²) in [6, 6.07) is 0. The first-order valence-corrected chi connectivity index (χ1v) is 12.3. The molecule has 3 atom stereocenters. The zero-order valence-electron chi connectivity index (χ0n) is 20.6. The van der Waals surface area contributed by atoms with E-state index in [4.69, 9.17) is 0 Å². The number of hydrogen-bond donors (Lipinski definition) is 2.